The van der Waals surface area contributed by atoms with Crippen molar-refractivity contribution in [3.63, 3.8) is 0 Å². The Kier molecular flexibility index (Phi) is 32.4. The van der Waals surface area contributed by atoms with Gasteiger partial charge < -0.3 is 37.2 Å². The number of hydrogen-bond donors (Lipinski definition) is 0. The Morgan fingerprint density at radius 2 is 0.589 bits per heavy atom. The lowest BCUT2D eigenvalue weighted by Gasteiger charge is -2.43. The van der Waals surface area contributed by atoms with Crippen LogP contribution in [0.2, 0.25) is 40.2 Å². The monoisotopic (exact) mass is 2110 g/mol. The SMILES string of the molecule is CCC1CCN(C(=O)c2ccc(Cl)c(Cc3nc4c(C)cc(C(F)(F)F)cn4c3C)c2Cl)CC1.Cc1cc(C(F)(F)F)cn2c(C)c(Cc3c(Cl)ccc(C(=O)N4CCC(C(C)C)CC4)c3Cl)nc12.Cc1cc(C(F)(F)F)cn2c(C)c(Cc3c(Cl)ccc(C(=O)N4CCC(C5CCC5)CC4)c3Cl)nc12.Cc1cc(C(F)(F)F)cn2c(C)c(Cc3c(Cl)ccc(C(=O)N4CCN(C5CCC5)CC4)c3Cl)nc12. The Bertz CT molecular complexity index is 6560. The molecule has 0 unspecified atom stereocenters. The van der Waals surface area contributed by atoms with Gasteiger partial charge in [0.2, 0.25) is 0 Å². The lowest BCUT2D eigenvalue weighted by Crippen LogP contribution is -2.53. The van der Waals surface area contributed by atoms with Crippen molar-refractivity contribution in [3.05, 3.63) is 272 Å². The molecule has 17 nitrogen and oxygen atoms in total. The minimum absolute atomic E-state index is 0.109. The number of piperazine rings is 1. The van der Waals surface area contributed by atoms with Gasteiger partial charge in [0.15, 0.2) is 0 Å². The first kappa shape index (κ1) is 106. The molecule has 37 heteroatoms. The number of aryl methyl sites for hydroxylation is 8. The molecular weight excluding hydrogens is 2010 g/mol. The van der Waals surface area contributed by atoms with Crippen LogP contribution in [0.3, 0.4) is 0 Å². The number of likely N-dealkylation sites (tertiary alicyclic amines) is 3. The summed E-state index contributed by atoms with van der Waals surface area (Å²) in [7, 11) is 0. The van der Waals surface area contributed by atoms with Gasteiger partial charge in [-0.05, 0) is 254 Å². The van der Waals surface area contributed by atoms with E-state index in [-0.39, 0.29) is 69.4 Å². The van der Waals surface area contributed by atoms with E-state index >= 15 is 0 Å². The van der Waals surface area contributed by atoms with Crippen molar-refractivity contribution in [1.82, 2.24) is 62.0 Å². The van der Waals surface area contributed by atoms with Gasteiger partial charge in [0, 0.05) is 165 Å². The molecule has 6 aliphatic rings. The van der Waals surface area contributed by atoms with Crippen molar-refractivity contribution in [3.8, 4) is 0 Å². The molecule has 4 saturated heterocycles. The number of fused-ring (bicyclic) bond motifs is 4. The van der Waals surface area contributed by atoms with Crippen LogP contribution in [-0.4, -0.2) is 157 Å². The average molecular weight is 2120 g/mol. The van der Waals surface area contributed by atoms with Crippen molar-refractivity contribution in [2.45, 2.75) is 216 Å². The van der Waals surface area contributed by atoms with E-state index in [1.807, 2.05) is 19.6 Å². The van der Waals surface area contributed by atoms with Crippen LogP contribution in [0.1, 0.15) is 258 Å². The zero-order valence-electron chi connectivity index (χ0n) is 79.8. The van der Waals surface area contributed by atoms with Crippen LogP contribution in [0, 0.1) is 85.0 Å². The first-order valence-corrected chi connectivity index (χ1v) is 50.5. The number of hydrogen-bond acceptors (Lipinski definition) is 9. The standard InChI is InChI=1S/C27H28Cl2F3N3O.C26H27Cl2F3N4O.C26H28Cl2F3N3O.C25H26Cl2F3N3O/c1-15-12-19(27(30,31)32)14-35-16(2)23(33-25(15)35)13-21-22(28)7-6-20(24(21)29)26(36)34-10-8-18(9-11-34)17-4-3-5-17;1-15-12-17(26(29,30)31)14-35-16(2)22(32-24(15)35)13-20-21(27)7-6-19(23(20)28)25(36)34-10-8-33(9-11-34)18-4-3-5-18;1-14(2)17-7-9-33(10-8-17)25(35)19-5-6-21(27)20(23(19)28)12-22-16(4)34-13-18(26(29,30)31)11-15(3)24(34)32-22;1-4-16-7-9-32(10-8-16)24(34)18-5-6-20(26)19(22(18)27)12-21-15(3)33-13-17(25(28,29)30)11-14(2)23(33)31-21/h6-7,12,14,17-18H,3-5,8-11,13H2,1-2H3;6-7,12,14,18H,3-5,8-11,13H2,1-2H3;5-6,11,13-14,17H,7-10,12H2,1-4H3;5-6,11,13,16H,4,7-10,12H2,1-3H3. The normalized spacial score (nSPS) is 16.5. The molecule has 8 aromatic heterocycles. The molecule has 4 amide bonds. The Morgan fingerprint density at radius 1 is 0.340 bits per heavy atom. The summed E-state index contributed by atoms with van der Waals surface area (Å²) in [4.78, 5) is 81.3. The zero-order chi connectivity index (χ0) is 102. The highest BCUT2D eigenvalue weighted by Crippen LogP contribution is 2.45. The molecule has 2 saturated carbocycles. The molecule has 6 fully saturated rings. The molecule has 754 valence electrons. The molecule has 0 spiro atoms. The maximum absolute atomic E-state index is 13.4. The van der Waals surface area contributed by atoms with Crippen molar-refractivity contribution < 1.29 is 71.9 Å². The molecule has 141 heavy (non-hydrogen) atoms. The Labute approximate surface area is 850 Å². The predicted molar refractivity (Wildman–Crippen MR) is 529 cm³/mol. The van der Waals surface area contributed by atoms with E-state index in [0.29, 0.717) is 224 Å². The van der Waals surface area contributed by atoms with Gasteiger partial charge in [0.25, 0.3) is 23.6 Å². The smallest absolute Gasteiger partial charge is 0.339 e. The van der Waals surface area contributed by atoms with E-state index in [4.69, 9.17) is 92.8 Å². The Balaban J connectivity index is 0.000000142. The number of carbonyl (C=O) groups is 4. The highest BCUT2D eigenvalue weighted by atomic mass is 35.5. The third-order valence-corrected chi connectivity index (χ3v) is 32.5. The molecule has 4 aromatic carbocycles. The largest absolute Gasteiger partial charge is 0.417 e. The van der Waals surface area contributed by atoms with Crippen LogP contribution in [0.4, 0.5) is 52.7 Å². The molecule has 0 radical (unpaired) electrons. The number of nitrogens with zero attached hydrogens (tertiary/aromatic N) is 13. The van der Waals surface area contributed by atoms with Crippen LogP contribution < -0.4 is 0 Å². The quantitative estimate of drug-likeness (QED) is 0.0860. The van der Waals surface area contributed by atoms with E-state index in [9.17, 15) is 71.9 Å². The molecule has 0 bridgehead atoms. The Hall–Kier alpha value is -9.04. The van der Waals surface area contributed by atoms with Gasteiger partial charge in [-0.2, -0.15) is 52.7 Å². The van der Waals surface area contributed by atoms with E-state index in [2.05, 4.69) is 45.6 Å². The lowest BCUT2D eigenvalue weighted by molar-refractivity contribution is -0.138. The molecule has 12 heterocycles. The number of imidazole rings is 4. The minimum atomic E-state index is -4.46. The van der Waals surface area contributed by atoms with Crippen molar-refractivity contribution in [1.29, 1.82) is 0 Å². The number of amides is 4. The third-order valence-electron chi connectivity index (χ3n) is 29.4. The second-order valence-electron chi connectivity index (χ2n) is 38.5. The fourth-order valence-corrected chi connectivity index (χ4v) is 22.4. The molecule has 0 N–H and O–H groups in total. The number of benzene rings is 4. The number of alkyl halides is 12. The van der Waals surface area contributed by atoms with Crippen molar-refractivity contribution in [2.75, 3.05) is 65.4 Å². The van der Waals surface area contributed by atoms with Gasteiger partial charge in [-0.25, -0.2) is 19.9 Å². The van der Waals surface area contributed by atoms with Crippen molar-refractivity contribution in [2.24, 2.45) is 29.6 Å². The molecule has 12 aromatic rings. The summed E-state index contributed by atoms with van der Waals surface area (Å²) in [5.41, 5.74) is 8.71. The number of piperidine rings is 3. The zero-order valence-corrected chi connectivity index (χ0v) is 85.8. The first-order valence-electron chi connectivity index (χ1n) is 47.5. The van der Waals surface area contributed by atoms with Gasteiger partial charge in [-0.1, -0.05) is 146 Å². The summed E-state index contributed by atoms with van der Waals surface area (Å²) in [6.45, 7) is 27.0. The summed E-state index contributed by atoms with van der Waals surface area (Å²) in [5, 5.41) is 2.61. The minimum Gasteiger partial charge on any atom is -0.339 e. The molecular formula is C104H109Cl8F12N13O4. The van der Waals surface area contributed by atoms with Crippen LogP contribution in [0.5, 0.6) is 0 Å². The molecule has 18 rings (SSSR count). The van der Waals surface area contributed by atoms with Crippen molar-refractivity contribution >= 4 is 139 Å². The topological polar surface area (TPSA) is 154 Å². The first-order chi connectivity index (χ1) is 66.5. The molecule has 4 aliphatic heterocycles. The summed E-state index contributed by atoms with van der Waals surface area (Å²) in [6, 6.07) is 18.2. The summed E-state index contributed by atoms with van der Waals surface area (Å²) in [5.74, 6) is 2.85. The van der Waals surface area contributed by atoms with E-state index < -0.39 is 47.0 Å². The second-order valence-corrected chi connectivity index (χ2v) is 41.6. The number of carbonyl (C=O) groups excluding carboxylic acids is 4. The highest BCUT2D eigenvalue weighted by Gasteiger charge is 2.41. The maximum atomic E-state index is 13.4. The fraction of sp³-hybridized carbons (Fsp3) is 0.462. The summed E-state index contributed by atoms with van der Waals surface area (Å²) in [6.07, 6.45) is 1.90. The van der Waals surface area contributed by atoms with Crippen LogP contribution >= 0.6 is 92.8 Å². The molecule has 2 aliphatic carbocycles. The van der Waals surface area contributed by atoms with Gasteiger partial charge >= 0.3 is 24.7 Å². The maximum Gasteiger partial charge on any atom is 0.417 e. The van der Waals surface area contributed by atoms with Gasteiger partial charge in [0.05, 0.1) is 87.4 Å². The molecule has 0 atom stereocenters. The van der Waals surface area contributed by atoms with E-state index in [1.165, 1.54) is 56.1 Å². The summed E-state index contributed by atoms with van der Waals surface area (Å²) < 4.78 is 166. The van der Waals surface area contributed by atoms with E-state index in [0.717, 1.165) is 126 Å². The lowest BCUT2D eigenvalue weighted by atomic mass is 9.72. The van der Waals surface area contributed by atoms with Gasteiger partial charge in [-0.3, -0.25) is 24.1 Å². The number of rotatable bonds is 16. The van der Waals surface area contributed by atoms with E-state index in [1.54, 1.807) is 104 Å². The Morgan fingerprint density at radius 3 is 0.823 bits per heavy atom. The number of aromatic nitrogens is 8. The number of pyridine rings is 4. The highest BCUT2D eigenvalue weighted by molar-refractivity contribution is 6.40. The van der Waals surface area contributed by atoms with Crippen LogP contribution in [0.15, 0.2) is 97.6 Å². The van der Waals surface area contributed by atoms with Gasteiger partial charge in [-0.15, -0.1) is 0 Å². The average Bonchev–Trinajstić information content (AvgIpc) is 1.62. The second kappa shape index (κ2) is 42.9. The summed E-state index contributed by atoms with van der Waals surface area (Å²) >= 11 is 52.8. The van der Waals surface area contributed by atoms with Gasteiger partial charge in [0.1, 0.15) is 22.6 Å². The number of halogens is 20. The predicted octanol–water partition coefficient (Wildman–Crippen LogP) is 28.2. The van der Waals surface area contributed by atoms with Crippen LogP contribution in [0.25, 0.3) is 22.6 Å². The third kappa shape index (κ3) is 22.8. The fourth-order valence-electron chi connectivity index (χ4n) is 20.1. The van der Waals surface area contributed by atoms with Crippen LogP contribution in [-0.2, 0) is 50.4 Å².